The highest BCUT2D eigenvalue weighted by molar-refractivity contribution is 5.99. The number of fused-ring (bicyclic) bond motifs is 1. The number of halogens is 4. The van der Waals surface area contributed by atoms with Crippen LogP contribution in [0.4, 0.5) is 17.6 Å². The summed E-state index contributed by atoms with van der Waals surface area (Å²) < 4.78 is 73.8. The average Bonchev–Trinajstić information content (AvgIpc) is 3.02. The van der Waals surface area contributed by atoms with E-state index in [0.29, 0.717) is 34.1 Å². The predicted octanol–water partition coefficient (Wildman–Crippen LogP) is 3.37. The van der Waals surface area contributed by atoms with Crippen LogP contribution in [0.25, 0.3) is 21.9 Å². The van der Waals surface area contributed by atoms with Gasteiger partial charge in [-0.15, -0.1) is 0 Å². The molecule has 0 aliphatic carbocycles. The quantitative estimate of drug-likeness (QED) is 0.171. The highest BCUT2D eigenvalue weighted by Crippen LogP contribution is 2.33. The normalized spacial score (nSPS) is 18.0. The molecule has 0 saturated carbocycles. The zero-order valence-electron chi connectivity index (χ0n) is 26.2. The maximum Gasteiger partial charge on any atom is 0.406 e. The molecular formula is C32H38F4N4O6. The van der Waals surface area contributed by atoms with Crippen LogP contribution in [-0.4, -0.2) is 84.5 Å². The fourth-order valence-electron chi connectivity index (χ4n) is 5.86. The Morgan fingerprint density at radius 2 is 1.85 bits per heavy atom. The second kappa shape index (κ2) is 14.4. The highest BCUT2D eigenvalue weighted by Gasteiger charge is 2.48. The first-order chi connectivity index (χ1) is 21.7. The van der Waals surface area contributed by atoms with Crippen molar-refractivity contribution in [3.8, 4) is 11.1 Å². The maximum atomic E-state index is 13.9. The molecule has 1 unspecified atom stereocenters. The molecule has 14 heteroatoms. The number of hydrogen-bond donors (Lipinski definition) is 1. The topological polar surface area (TPSA) is 104 Å². The summed E-state index contributed by atoms with van der Waals surface area (Å²) >= 11 is 0. The SMILES string of the molecule is C=C(F)CC(OCN[C@@](C=O)(COC)Cc1ccc(-c2c(C)n(C)c(=O)n(C)c2=O)c2ccccc12)N1CCOC[C@@H]1C(F)(F)F. The van der Waals surface area contributed by atoms with Crippen LogP contribution in [0.5, 0.6) is 0 Å². The zero-order chi connectivity index (χ0) is 33.8. The Morgan fingerprint density at radius 1 is 1.15 bits per heavy atom. The van der Waals surface area contributed by atoms with E-state index in [1.165, 1.54) is 18.7 Å². The first-order valence-corrected chi connectivity index (χ1v) is 14.6. The highest BCUT2D eigenvalue weighted by atomic mass is 19.4. The van der Waals surface area contributed by atoms with Gasteiger partial charge in [0, 0.05) is 46.3 Å². The van der Waals surface area contributed by atoms with E-state index in [9.17, 15) is 31.9 Å². The molecule has 3 atom stereocenters. The molecule has 1 fully saturated rings. The van der Waals surface area contributed by atoms with Crippen LogP contribution in [0.2, 0.25) is 0 Å². The number of alkyl halides is 3. The lowest BCUT2D eigenvalue weighted by molar-refractivity contribution is -0.242. The largest absolute Gasteiger partial charge is 0.406 e. The van der Waals surface area contributed by atoms with Gasteiger partial charge >= 0.3 is 11.9 Å². The number of rotatable bonds is 13. The predicted molar refractivity (Wildman–Crippen MR) is 164 cm³/mol. The van der Waals surface area contributed by atoms with Gasteiger partial charge in [0.15, 0.2) is 0 Å². The Morgan fingerprint density at radius 3 is 2.48 bits per heavy atom. The van der Waals surface area contributed by atoms with Crippen molar-refractivity contribution in [2.45, 2.75) is 43.8 Å². The Bertz CT molecular complexity index is 1700. The van der Waals surface area contributed by atoms with Gasteiger partial charge in [0.25, 0.3) is 5.56 Å². The van der Waals surface area contributed by atoms with Crippen molar-refractivity contribution < 1.29 is 36.6 Å². The van der Waals surface area contributed by atoms with Gasteiger partial charge in [0.2, 0.25) is 0 Å². The van der Waals surface area contributed by atoms with E-state index in [2.05, 4.69) is 11.9 Å². The summed E-state index contributed by atoms with van der Waals surface area (Å²) in [6, 6.07) is 8.82. The fourth-order valence-corrected chi connectivity index (χ4v) is 5.86. The molecular weight excluding hydrogens is 612 g/mol. The summed E-state index contributed by atoms with van der Waals surface area (Å²) in [5, 5.41) is 4.42. The van der Waals surface area contributed by atoms with E-state index in [0.717, 1.165) is 14.9 Å². The van der Waals surface area contributed by atoms with Crippen LogP contribution in [0.15, 0.2) is 58.4 Å². The molecule has 0 spiro atoms. The van der Waals surface area contributed by atoms with Crippen LogP contribution in [0, 0.1) is 6.92 Å². The lowest BCUT2D eigenvalue weighted by atomic mass is 9.87. The minimum Gasteiger partial charge on any atom is -0.382 e. The van der Waals surface area contributed by atoms with Crippen LogP contribution in [0.1, 0.15) is 17.7 Å². The second-order valence-electron chi connectivity index (χ2n) is 11.4. The number of methoxy groups -OCH3 is 1. The first kappa shape index (κ1) is 35.2. The van der Waals surface area contributed by atoms with Gasteiger partial charge in [-0.05, 0) is 28.8 Å². The maximum absolute atomic E-state index is 13.9. The summed E-state index contributed by atoms with van der Waals surface area (Å²) in [6.07, 6.45) is -5.77. The Balaban J connectivity index is 1.66. The van der Waals surface area contributed by atoms with Crippen molar-refractivity contribution >= 4 is 17.1 Å². The molecule has 1 N–H and O–H groups in total. The molecule has 3 aromatic rings. The third-order valence-corrected chi connectivity index (χ3v) is 8.39. The zero-order valence-corrected chi connectivity index (χ0v) is 26.2. The Labute approximate surface area is 263 Å². The molecule has 0 amide bonds. The number of carbonyl (C=O) groups excluding carboxylic acids is 1. The van der Waals surface area contributed by atoms with Crippen molar-refractivity contribution in [2.75, 3.05) is 40.2 Å². The van der Waals surface area contributed by atoms with Gasteiger partial charge in [-0.1, -0.05) is 43.0 Å². The van der Waals surface area contributed by atoms with Crippen molar-refractivity contribution in [3.63, 3.8) is 0 Å². The molecule has 1 aliphatic heterocycles. The summed E-state index contributed by atoms with van der Waals surface area (Å²) in [5.74, 6) is -0.855. The van der Waals surface area contributed by atoms with Crippen molar-refractivity contribution in [1.82, 2.24) is 19.4 Å². The fraction of sp³-hybridized carbons (Fsp3) is 0.469. The van der Waals surface area contributed by atoms with Crippen molar-refractivity contribution in [3.05, 3.63) is 80.9 Å². The lowest BCUT2D eigenvalue weighted by Crippen LogP contribution is -2.59. The van der Waals surface area contributed by atoms with Crippen LogP contribution >= 0.6 is 0 Å². The van der Waals surface area contributed by atoms with Gasteiger partial charge in [-0.25, -0.2) is 9.18 Å². The Kier molecular flexibility index (Phi) is 11.0. The minimum atomic E-state index is -4.64. The van der Waals surface area contributed by atoms with E-state index < -0.39 is 60.8 Å². The number of nitrogens with one attached hydrogen (secondary N) is 1. The van der Waals surface area contributed by atoms with E-state index in [1.54, 1.807) is 26.1 Å². The molecule has 2 aromatic carbocycles. The molecule has 250 valence electrons. The van der Waals surface area contributed by atoms with Gasteiger partial charge in [0.05, 0.1) is 37.9 Å². The number of aromatic nitrogens is 2. The number of morpholine rings is 1. The van der Waals surface area contributed by atoms with Gasteiger partial charge in [0.1, 0.15) is 24.1 Å². The summed E-state index contributed by atoms with van der Waals surface area (Å²) in [6.45, 7) is 3.60. The first-order valence-electron chi connectivity index (χ1n) is 14.6. The summed E-state index contributed by atoms with van der Waals surface area (Å²) in [5.41, 5.74) is -0.133. The standard InChI is InChI=1S/C32H38F4N4O6/c1-20(33)14-27(40-12-13-45-16-26(40)32(34,35)36)46-19-37-31(17-41,18-44-5)15-22-10-11-25(24-9-7-6-8-23(22)24)28-21(2)38(3)30(43)39(4)29(28)42/h6-11,17,26-27,37H,1,12-16,18-19H2,2-5H3/t26-,27?,31+/m1/s1. The average molecular weight is 651 g/mol. The van der Waals surface area contributed by atoms with E-state index in [-0.39, 0.29) is 26.2 Å². The van der Waals surface area contributed by atoms with Gasteiger partial charge < -0.3 is 23.6 Å². The summed E-state index contributed by atoms with van der Waals surface area (Å²) in [7, 11) is 4.40. The van der Waals surface area contributed by atoms with Crippen molar-refractivity contribution in [2.24, 2.45) is 14.1 Å². The molecule has 0 radical (unpaired) electrons. The van der Waals surface area contributed by atoms with E-state index in [1.807, 2.05) is 24.3 Å². The minimum absolute atomic E-state index is 0.00849. The molecule has 4 rings (SSSR count). The molecule has 2 heterocycles. The number of aldehydes is 1. The second-order valence-corrected chi connectivity index (χ2v) is 11.4. The number of nitrogens with zero attached hydrogens (tertiary/aromatic N) is 3. The number of ether oxygens (including phenoxy) is 3. The van der Waals surface area contributed by atoms with Crippen LogP contribution in [-0.2, 0) is 39.5 Å². The molecule has 0 bridgehead atoms. The molecule has 10 nitrogen and oxygen atoms in total. The number of benzene rings is 2. The molecule has 1 aromatic heterocycles. The summed E-state index contributed by atoms with van der Waals surface area (Å²) in [4.78, 5) is 39.4. The van der Waals surface area contributed by atoms with E-state index >= 15 is 0 Å². The number of hydrogen-bond acceptors (Lipinski definition) is 8. The van der Waals surface area contributed by atoms with Crippen molar-refractivity contribution in [1.29, 1.82) is 0 Å². The smallest absolute Gasteiger partial charge is 0.382 e. The number of carbonyl (C=O) groups is 1. The molecule has 1 saturated heterocycles. The third kappa shape index (κ3) is 7.31. The Hall–Kier alpha value is -3.69. The third-order valence-electron chi connectivity index (χ3n) is 8.39. The lowest BCUT2D eigenvalue weighted by Gasteiger charge is -2.41. The molecule has 46 heavy (non-hydrogen) atoms. The molecule has 1 aliphatic rings. The van der Waals surface area contributed by atoms with Gasteiger partial charge in [-0.2, -0.15) is 13.2 Å². The van der Waals surface area contributed by atoms with Crippen LogP contribution in [0.3, 0.4) is 0 Å². The van der Waals surface area contributed by atoms with Crippen LogP contribution < -0.4 is 16.6 Å². The van der Waals surface area contributed by atoms with Gasteiger partial charge in [-0.3, -0.25) is 19.6 Å². The monoisotopic (exact) mass is 650 g/mol. The van der Waals surface area contributed by atoms with E-state index in [4.69, 9.17) is 14.2 Å².